The molecule has 0 bridgehead atoms. The van der Waals surface area contributed by atoms with E-state index in [-0.39, 0.29) is 18.3 Å². The van der Waals surface area contributed by atoms with E-state index in [1.807, 2.05) is 43.3 Å². The first-order valence-electron chi connectivity index (χ1n) is 13.9. The number of aromatic hydroxyl groups is 1. The van der Waals surface area contributed by atoms with Crippen LogP contribution in [0.2, 0.25) is 0 Å². The molecule has 4 aromatic rings. The van der Waals surface area contributed by atoms with Crippen LogP contribution in [0.1, 0.15) is 76.8 Å². The number of phenols is 1. The van der Waals surface area contributed by atoms with Gasteiger partial charge >= 0.3 is 0 Å². The predicted molar refractivity (Wildman–Crippen MR) is 177 cm³/mol. The van der Waals surface area contributed by atoms with E-state index in [0.717, 1.165) is 18.0 Å². The molecule has 0 unspecified atom stereocenters. The zero-order valence-electron chi connectivity index (χ0n) is 25.5. The van der Waals surface area contributed by atoms with Crippen LogP contribution in [-0.2, 0) is 17.4 Å². The first-order chi connectivity index (χ1) is 18.7. The normalized spacial score (nSPS) is 12.3. The molecular weight excluding hydrogens is 504 g/mol. The van der Waals surface area contributed by atoms with Crippen LogP contribution in [0.25, 0.3) is 0 Å². The van der Waals surface area contributed by atoms with Crippen LogP contribution in [0, 0.1) is 13.8 Å². The van der Waals surface area contributed by atoms with Crippen LogP contribution in [0.3, 0.4) is 0 Å². The zero-order chi connectivity index (χ0) is 29.5. The van der Waals surface area contributed by atoms with Crippen molar-refractivity contribution in [1.29, 1.82) is 0 Å². The van der Waals surface area contributed by atoms with Crippen molar-refractivity contribution in [3.63, 3.8) is 0 Å². The molecule has 3 N–H and O–H groups in total. The Kier molecular flexibility index (Phi) is 11.5. The second-order valence-corrected chi connectivity index (χ2v) is 12.6. The second kappa shape index (κ2) is 14.1. The number of hydrogen-bond donors (Lipinski definition) is 2. The van der Waals surface area contributed by atoms with Gasteiger partial charge in [0.25, 0.3) is 0 Å². The van der Waals surface area contributed by atoms with Crippen LogP contribution in [-0.4, -0.2) is 11.8 Å². The first kappa shape index (κ1) is 33.3. The molecule has 4 heteroatoms. The maximum Gasteiger partial charge on any atom is 0.161 e. The third kappa shape index (κ3) is 10.2. The van der Waals surface area contributed by atoms with Crippen molar-refractivity contribution >= 4 is 11.4 Å². The van der Waals surface area contributed by atoms with E-state index in [4.69, 9.17) is 15.6 Å². The number of aryl methyl sites for hydroxylation is 2. The van der Waals surface area contributed by atoms with Crippen LogP contribution in [0.5, 0.6) is 11.5 Å². The molecule has 0 aromatic heterocycles. The molecule has 0 fully saturated rings. The standard InChI is InChI=1S/C19H23NO.C10H14O.C7H9N.CH4/c1-14-6-5-7-17(10-14)20-12-15-11-16(19(2,3)4)8-9-18(15)21-13-20;1-10(2,3)8-4-6-9(11)7-5-8;1-6-3-2-4-7(8)5-6;/h5-11H,12-13H2,1-4H3;4-7,11H,1-3H3;2-5H,8H2,1H3;1H4. The fourth-order valence-electron chi connectivity index (χ4n) is 4.33. The van der Waals surface area contributed by atoms with Gasteiger partial charge in [0.1, 0.15) is 11.5 Å². The van der Waals surface area contributed by atoms with Gasteiger partial charge in [0.15, 0.2) is 6.73 Å². The van der Waals surface area contributed by atoms with Gasteiger partial charge in [-0.2, -0.15) is 0 Å². The maximum atomic E-state index is 9.02. The van der Waals surface area contributed by atoms with Crippen LogP contribution in [0.4, 0.5) is 11.4 Å². The van der Waals surface area contributed by atoms with Crippen LogP contribution in [0.15, 0.2) is 91.0 Å². The average molecular weight is 555 g/mol. The first-order valence-corrected chi connectivity index (χ1v) is 13.9. The number of hydrogen-bond acceptors (Lipinski definition) is 4. The lowest BCUT2D eigenvalue weighted by molar-refractivity contribution is 0.289. The molecule has 0 radical (unpaired) electrons. The summed E-state index contributed by atoms with van der Waals surface area (Å²) in [6, 6.07) is 30.3. The van der Waals surface area contributed by atoms with Crippen molar-refractivity contribution < 1.29 is 9.84 Å². The van der Waals surface area contributed by atoms with Gasteiger partial charge in [0, 0.05) is 23.5 Å². The highest BCUT2D eigenvalue weighted by atomic mass is 16.5. The fraction of sp³-hybridized carbons (Fsp3) is 0.351. The van der Waals surface area contributed by atoms with E-state index in [1.54, 1.807) is 12.1 Å². The summed E-state index contributed by atoms with van der Waals surface area (Å²) in [5.74, 6) is 1.35. The van der Waals surface area contributed by atoms with Gasteiger partial charge < -0.3 is 20.5 Å². The molecule has 1 aliphatic heterocycles. The number of nitrogens with zero attached hydrogens (tertiary/aromatic N) is 1. The lowest BCUT2D eigenvalue weighted by Crippen LogP contribution is -2.32. The summed E-state index contributed by atoms with van der Waals surface area (Å²) in [5, 5.41) is 9.02. The number of fused-ring (bicyclic) bond motifs is 1. The number of nitrogens with two attached hydrogens (primary N) is 1. The highest BCUT2D eigenvalue weighted by Gasteiger charge is 2.21. The molecule has 0 amide bonds. The largest absolute Gasteiger partial charge is 0.508 e. The number of nitrogen functional groups attached to an aromatic ring is 1. The van der Waals surface area contributed by atoms with Crippen molar-refractivity contribution in [1.82, 2.24) is 0 Å². The van der Waals surface area contributed by atoms with Crippen LogP contribution >= 0.6 is 0 Å². The molecule has 1 heterocycles. The Labute approximate surface area is 248 Å². The zero-order valence-corrected chi connectivity index (χ0v) is 25.5. The summed E-state index contributed by atoms with van der Waals surface area (Å²) in [5.41, 5.74) is 14.2. The van der Waals surface area contributed by atoms with Crippen molar-refractivity contribution in [2.24, 2.45) is 0 Å². The molecular formula is C37H50N2O2. The Morgan fingerprint density at radius 3 is 1.78 bits per heavy atom. The number of rotatable bonds is 1. The molecule has 0 aliphatic carbocycles. The highest BCUT2D eigenvalue weighted by Crippen LogP contribution is 2.33. The van der Waals surface area contributed by atoms with E-state index in [1.165, 1.54) is 33.5 Å². The van der Waals surface area contributed by atoms with E-state index >= 15 is 0 Å². The predicted octanol–water partition coefficient (Wildman–Crippen LogP) is 9.55. The van der Waals surface area contributed by atoms with Gasteiger partial charge in [-0.15, -0.1) is 0 Å². The van der Waals surface area contributed by atoms with Crippen LogP contribution < -0.4 is 15.4 Å². The summed E-state index contributed by atoms with van der Waals surface area (Å²) < 4.78 is 5.92. The minimum atomic E-state index is 0. The van der Waals surface area contributed by atoms with E-state index in [0.29, 0.717) is 12.5 Å². The molecule has 4 aromatic carbocycles. The van der Waals surface area contributed by atoms with Gasteiger partial charge in [0.05, 0.1) is 0 Å². The quantitative estimate of drug-likeness (QED) is 0.230. The van der Waals surface area contributed by atoms with Crippen molar-refractivity contribution in [2.45, 2.75) is 80.2 Å². The Balaban J connectivity index is 0.000000246. The monoisotopic (exact) mass is 554 g/mol. The number of ether oxygens (including phenoxy) is 1. The van der Waals surface area contributed by atoms with Gasteiger partial charge in [-0.3, -0.25) is 0 Å². The minimum absolute atomic E-state index is 0. The van der Waals surface area contributed by atoms with Gasteiger partial charge in [-0.05, 0) is 95.5 Å². The Morgan fingerprint density at radius 2 is 1.27 bits per heavy atom. The smallest absolute Gasteiger partial charge is 0.161 e. The Bertz CT molecular complexity index is 1360. The third-order valence-electron chi connectivity index (χ3n) is 6.81. The molecule has 0 saturated carbocycles. The SMILES string of the molecule is C.CC(C)(C)c1ccc(O)cc1.Cc1cccc(N)c1.Cc1cccc(N2COc3ccc(C(C)(C)C)cc3C2)c1. The topological polar surface area (TPSA) is 58.7 Å². The summed E-state index contributed by atoms with van der Waals surface area (Å²) in [7, 11) is 0. The Morgan fingerprint density at radius 1 is 0.707 bits per heavy atom. The van der Waals surface area contributed by atoms with Gasteiger partial charge in [-0.1, -0.05) is 91.4 Å². The molecule has 0 atom stereocenters. The fourth-order valence-corrected chi connectivity index (χ4v) is 4.33. The van der Waals surface area contributed by atoms with E-state index in [9.17, 15) is 0 Å². The molecule has 5 rings (SSSR count). The number of anilines is 2. The highest BCUT2D eigenvalue weighted by molar-refractivity contribution is 5.52. The minimum Gasteiger partial charge on any atom is -0.508 e. The lowest BCUT2D eigenvalue weighted by atomic mass is 9.86. The number of phenolic OH excluding ortho intramolecular Hbond substituents is 1. The van der Waals surface area contributed by atoms with Gasteiger partial charge in [0.2, 0.25) is 0 Å². The lowest BCUT2D eigenvalue weighted by Gasteiger charge is -2.32. The molecule has 0 saturated heterocycles. The summed E-state index contributed by atoms with van der Waals surface area (Å²) in [4.78, 5) is 2.28. The van der Waals surface area contributed by atoms with Crippen molar-refractivity contribution in [2.75, 3.05) is 17.4 Å². The van der Waals surface area contributed by atoms with E-state index < -0.39 is 0 Å². The maximum absolute atomic E-state index is 9.02. The van der Waals surface area contributed by atoms with Gasteiger partial charge in [-0.25, -0.2) is 0 Å². The molecule has 220 valence electrons. The Hall–Kier alpha value is -3.92. The molecule has 41 heavy (non-hydrogen) atoms. The second-order valence-electron chi connectivity index (χ2n) is 12.6. The molecule has 1 aliphatic rings. The summed E-state index contributed by atoms with van der Waals surface area (Å²) >= 11 is 0. The van der Waals surface area contributed by atoms with Crippen molar-refractivity contribution in [3.05, 3.63) is 119 Å². The van der Waals surface area contributed by atoms with Crippen molar-refractivity contribution in [3.8, 4) is 11.5 Å². The summed E-state index contributed by atoms with van der Waals surface area (Å²) in [6.07, 6.45) is 0. The summed E-state index contributed by atoms with van der Waals surface area (Å²) in [6.45, 7) is 18.9. The average Bonchev–Trinajstić information content (AvgIpc) is 2.88. The number of benzene rings is 4. The molecule has 0 spiro atoms. The molecule has 4 nitrogen and oxygen atoms in total. The third-order valence-corrected chi connectivity index (χ3v) is 6.81. The van der Waals surface area contributed by atoms with E-state index in [2.05, 4.69) is 95.8 Å².